The lowest BCUT2D eigenvalue weighted by Crippen LogP contribution is -2.35. The van der Waals surface area contributed by atoms with Gasteiger partial charge in [-0.2, -0.15) is 0 Å². The highest BCUT2D eigenvalue weighted by atomic mass is 16.5. The molecule has 1 aromatic heterocycles. The number of amides is 2. The van der Waals surface area contributed by atoms with Crippen LogP contribution in [0.5, 0.6) is 0 Å². The third-order valence-corrected chi connectivity index (χ3v) is 3.96. The summed E-state index contributed by atoms with van der Waals surface area (Å²) in [4.78, 5) is 25.9. The number of hydrogen-bond donors (Lipinski definition) is 1. The second kappa shape index (κ2) is 7.31. The molecule has 0 unspecified atom stereocenters. The first-order valence-electron chi connectivity index (χ1n) is 7.99. The van der Waals surface area contributed by atoms with Gasteiger partial charge >= 0.3 is 0 Å². The fourth-order valence-electron chi connectivity index (χ4n) is 2.76. The van der Waals surface area contributed by atoms with Crippen LogP contribution >= 0.6 is 0 Å². The van der Waals surface area contributed by atoms with Gasteiger partial charge in [-0.15, -0.1) is 0 Å². The van der Waals surface area contributed by atoms with Crippen molar-refractivity contribution >= 4 is 17.5 Å². The molecule has 6 nitrogen and oxygen atoms in total. The van der Waals surface area contributed by atoms with Gasteiger partial charge in [0.05, 0.1) is 6.26 Å². The van der Waals surface area contributed by atoms with Gasteiger partial charge in [-0.1, -0.05) is 6.07 Å². The number of nitrogens with zero attached hydrogens (tertiary/aromatic N) is 1. The first-order chi connectivity index (χ1) is 11.7. The molecule has 0 bridgehead atoms. The zero-order valence-corrected chi connectivity index (χ0v) is 13.6. The van der Waals surface area contributed by atoms with Gasteiger partial charge in [0.25, 0.3) is 5.91 Å². The van der Waals surface area contributed by atoms with Crippen LogP contribution in [0.4, 0.5) is 5.69 Å². The second-order valence-electron chi connectivity index (χ2n) is 5.62. The molecule has 1 aromatic carbocycles. The Labute approximate surface area is 140 Å². The van der Waals surface area contributed by atoms with Crippen molar-refractivity contribution in [1.82, 2.24) is 4.90 Å². The number of hydrogen-bond acceptors (Lipinski definition) is 4. The third kappa shape index (κ3) is 3.65. The SMILES string of the molecule is CCOCC(=O)Nc1ccc2c(c1)CN(C(=O)c1ccco1)CC2. The predicted molar refractivity (Wildman–Crippen MR) is 88.7 cm³/mol. The van der Waals surface area contributed by atoms with E-state index in [1.165, 1.54) is 11.8 Å². The average Bonchev–Trinajstić information content (AvgIpc) is 3.13. The highest BCUT2D eigenvalue weighted by Gasteiger charge is 2.23. The molecule has 0 saturated carbocycles. The normalized spacial score (nSPS) is 13.5. The van der Waals surface area contributed by atoms with Crippen molar-refractivity contribution in [3.63, 3.8) is 0 Å². The summed E-state index contributed by atoms with van der Waals surface area (Å²) in [6.45, 7) is 3.54. The molecular weight excluding hydrogens is 308 g/mol. The molecule has 3 rings (SSSR count). The maximum absolute atomic E-state index is 12.4. The van der Waals surface area contributed by atoms with Gasteiger partial charge < -0.3 is 19.4 Å². The van der Waals surface area contributed by atoms with Crippen molar-refractivity contribution in [2.24, 2.45) is 0 Å². The molecule has 1 aliphatic rings. The number of benzene rings is 1. The lowest BCUT2D eigenvalue weighted by atomic mass is 9.99. The Morgan fingerprint density at radius 2 is 2.17 bits per heavy atom. The highest BCUT2D eigenvalue weighted by Crippen LogP contribution is 2.24. The summed E-state index contributed by atoms with van der Waals surface area (Å²) in [6.07, 6.45) is 2.28. The number of nitrogens with one attached hydrogen (secondary N) is 1. The molecule has 2 aromatic rings. The molecule has 0 fully saturated rings. The lowest BCUT2D eigenvalue weighted by molar-refractivity contribution is -0.120. The Balaban J connectivity index is 1.69. The number of rotatable bonds is 5. The van der Waals surface area contributed by atoms with E-state index in [0.29, 0.717) is 31.1 Å². The first-order valence-corrected chi connectivity index (χ1v) is 7.99. The van der Waals surface area contributed by atoms with Crippen LogP contribution in [0.3, 0.4) is 0 Å². The van der Waals surface area contributed by atoms with Gasteiger partial charge in [0.1, 0.15) is 6.61 Å². The topological polar surface area (TPSA) is 71.8 Å². The van der Waals surface area contributed by atoms with Crippen LogP contribution in [0.15, 0.2) is 41.0 Å². The highest BCUT2D eigenvalue weighted by molar-refractivity contribution is 5.92. The van der Waals surface area contributed by atoms with Crippen LogP contribution in [-0.2, 0) is 22.5 Å². The Morgan fingerprint density at radius 3 is 2.92 bits per heavy atom. The van der Waals surface area contributed by atoms with Crippen LogP contribution in [0.2, 0.25) is 0 Å². The van der Waals surface area contributed by atoms with Crippen molar-refractivity contribution in [1.29, 1.82) is 0 Å². The van der Waals surface area contributed by atoms with Gasteiger partial charge in [0.15, 0.2) is 5.76 Å². The molecule has 1 N–H and O–H groups in total. The minimum absolute atomic E-state index is 0.0384. The van der Waals surface area contributed by atoms with Gasteiger partial charge in [-0.25, -0.2) is 0 Å². The van der Waals surface area contributed by atoms with E-state index in [2.05, 4.69) is 5.32 Å². The molecule has 2 heterocycles. The maximum atomic E-state index is 12.4. The summed E-state index contributed by atoms with van der Waals surface area (Å²) < 4.78 is 10.3. The van der Waals surface area contributed by atoms with E-state index in [0.717, 1.165) is 12.0 Å². The van der Waals surface area contributed by atoms with Crippen LogP contribution in [-0.4, -0.2) is 36.5 Å². The fraction of sp³-hybridized carbons (Fsp3) is 0.333. The van der Waals surface area contributed by atoms with Crippen LogP contribution in [0, 0.1) is 0 Å². The summed E-state index contributed by atoms with van der Waals surface area (Å²) in [6, 6.07) is 9.17. The zero-order valence-electron chi connectivity index (χ0n) is 13.6. The predicted octanol–water partition coefficient (Wildman–Crippen LogP) is 2.45. The Bertz CT molecular complexity index is 725. The van der Waals surface area contributed by atoms with E-state index >= 15 is 0 Å². The molecule has 0 saturated heterocycles. The van der Waals surface area contributed by atoms with E-state index in [4.69, 9.17) is 9.15 Å². The van der Waals surface area contributed by atoms with Gasteiger partial charge in [-0.05, 0) is 48.7 Å². The quantitative estimate of drug-likeness (QED) is 0.915. The third-order valence-electron chi connectivity index (χ3n) is 3.96. The molecule has 126 valence electrons. The Morgan fingerprint density at radius 1 is 1.29 bits per heavy atom. The molecule has 6 heteroatoms. The van der Waals surface area contributed by atoms with Gasteiger partial charge in [-0.3, -0.25) is 9.59 Å². The van der Waals surface area contributed by atoms with E-state index in [1.807, 2.05) is 25.1 Å². The molecule has 0 atom stereocenters. The zero-order chi connectivity index (χ0) is 16.9. The first kappa shape index (κ1) is 16.3. The standard InChI is InChI=1S/C18H20N2O4/c1-2-23-12-17(21)19-15-6-5-13-7-8-20(11-14(13)10-15)18(22)16-4-3-9-24-16/h3-6,9-10H,2,7-8,11-12H2,1H3,(H,19,21). The summed E-state index contributed by atoms with van der Waals surface area (Å²) in [7, 11) is 0. The Kier molecular flexibility index (Phi) is 4.96. The number of furan rings is 1. The second-order valence-corrected chi connectivity index (χ2v) is 5.62. The van der Waals surface area contributed by atoms with E-state index < -0.39 is 0 Å². The molecule has 0 aliphatic carbocycles. The minimum atomic E-state index is -0.184. The Hall–Kier alpha value is -2.60. The minimum Gasteiger partial charge on any atom is -0.459 e. The van der Waals surface area contributed by atoms with Crippen LogP contribution in [0.25, 0.3) is 0 Å². The van der Waals surface area contributed by atoms with Crippen molar-refractivity contribution in [3.8, 4) is 0 Å². The molecule has 0 radical (unpaired) electrons. The molecule has 1 aliphatic heterocycles. The number of fused-ring (bicyclic) bond motifs is 1. The van der Waals surface area contributed by atoms with Gasteiger partial charge in [0, 0.05) is 25.4 Å². The van der Waals surface area contributed by atoms with Crippen molar-refractivity contribution in [3.05, 3.63) is 53.5 Å². The van der Waals surface area contributed by atoms with E-state index in [1.54, 1.807) is 17.0 Å². The lowest BCUT2D eigenvalue weighted by Gasteiger charge is -2.28. The van der Waals surface area contributed by atoms with E-state index in [9.17, 15) is 9.59 Å². The number of carbonyl (C=O) groups excluding carboxylic acids is 2. The largest absolute Gasteiger partial charge is 0.459 e. The summed E-state index contributed by atoms with van der Waals surface area (Å²) >= 11 is 0. The van der Waals surface area contributed by atoms with Crippen molar-refractivity contribution in [2.75, 3.05) is 25.1 Å². The van der Waals surface area contributed by atoms with E-state index in [-0.39, 0.29) is 18.4 Å². The number of anilines is 1. The number of carbonyl (C=O) groups is 2. The molecular formula is C18H20N2O4. The average molecular weight is 328 g/mol. The maximum Gasteiger partial charge on any atom is 0.289 e. The molecule has 0 spiro atoms. The van der Waals surface area contributed by atoms with Crippen molar-refractivity contribution < 1.29 is 18.7 Å². The van der Waals surface area contributed by atoms with Crippen molar-refractivity contribution in [2.45, 2.75) is 19.9 Å². The molecule has 2 amide bonds. The van der Waals surface area contributed by atoms with Gasteiger partial charge in [0.2, 0.25) is 5.91 Å². The van der Waals surface area contributed by atoms with Crippen LogP contribution in [0.1, 0.15) is 28.6 Å². The number of ether oxygens (including phenoxy) is 1. The summed E-state index contributed by atoms with van der Waals surface area (Å²) in [5.74, 6) is 0.0483. The monoisotopic (exact) mass is 328 g/mol. The summed E-state index contributed by atoms with van der Waals surface area (Å²) in [5, 5.41) is 2.81. The smallest absolute Gasteiger partial charge is 0.289 e. The van der Waals surface area contributed by atoms with Crippen LogP contribution < -0.4 is 5.32 Å². The fourth-order valence-corrected chi connectivity index (χ4v) is 2.76. The molecule has 24 heavy (non-hydrogen) atoms. The summed E-state index contributed by atoms with van der Waals surface area (Å²) in [5.41, 5.74) is 2.95.